The van der Waals surface area contributed by atoms with E-state index in [-0.39, 0.29) is 0 Å². The zero-order chi connectivity index (χ0) is 14.4. The molecule has 0 spiro atoms. The predicted octanol–water partition coefficient (Wildman–Crippen LogP) is 3.48. The molecule has 1 aromatic rings. The first kappa shape index (κ1) is 14.6. The number of rotatable bonds is 6. The van der Waals surface area contributed by atoms with Gasteiger partial charge in [0.15, 0.2) is 11.5 Å². The first-order valence-electron chi connectivity index (χ1n) is 6.97. The SMILES string of the molecule is COc1cc(NCC2CC=CCC2)cc(OC)c1OC. The molecule has 0 amide bonds. The lowest BCUT2D eigenvalue weighted by atomic mass is 9.94. The van der Waals surface area contributed by atoms with Gasteiger partial charge in [0.25, 0.3) is 0 Å². The third-order valence-corrected chi connectivity index (χ3v) is 3.64. The number of methoxy groups -OCH3 is 3. The Morgan fingerprint density at radius 1 is 1.05 bits per heavy atom. The van der Waals surface area contributed by atoms with Gasteiger partial charge in [-0.15, -0.1) is 0 Å². The van der Waals surface area contributed by atoms with E-state index in [0.717, 1.165) is 18.7 Å². The molecule has 1 aliphatic rings. The summed E-state index contributed by atoms with van der Waals surface area (Å²) in [7, 11) is 4.88. The van der Waals surface area contributed by atoms with Gasteiger partial charge in [-0.3, -0.25) is 0 Å². The fourth-order valence-electron chi connectivity index (χ4n) is 2.49. The third kappa shape index (κ3) is 3.38. The normalized spacial score (nSPS) is 17.6. The number of allylic oxidation sites excluding steroid dienone is 2. The molecule has 0 aromatic heterocycles. The summed E-state index contributed by atoms with van der Waals surface area (Å²) < 4.78 is 16.0. The van der Waals surface area contributed by atoms with E-state index >= 15 is 0 Å². The lowest BCUT2D eigenvalue weighted by molar-refractivity contribution is 0.324. The number of anilines is 1. The van der Waals surface area contributed by atoms with Crippen molar-refractivity contribution in [1.82, 2.24) is 0 Å². The molecule has 0 fully saturated rings. The predicted molar refractivity (Wildman–Crippen MR) is 81.1 cm³/mol. The van der Waals surface area contributed by atoms with Crippen LogP contribution in [0.15, 0.2) is 24.3 Å². The molecule has 1 N–H and O–H groups in total. The molecule has 4 nitrogen and oxygen atoms in total. The Hall–Kier alpha value is -1.84. The highest BCUT2D eigenvalue weighted by Gasteiger charge is 2.14. The van der Waals surface area contributed by atoms with Crippen LogP contribution in [-0.4, -0.2) is 27.9 Å². The van der Waals surface area contributed by atoms with Crippen molar-refractivity contribution in [2.45, 2.75) is 19.3 Å². The highest BCUT2D eigenvalue weighted by Crippen LogP contribution is 2.40. The quantitative estimate of drug-likeness (QED) is 0.808. The summed E-state index contributed by atoms with van der Waals surface area (Å²) in [6.45, 7) is 0.961. The maximum atomic E-state index is 5.36. The lowest BCUT2D eigenvalue weighted by Gasteiger charge is -2.20. The van der Waals surface area contributed by atoms with E-state index in [1.165, 1.54) is 12.8 Å². The standard InChI is InChI=1S/C16H23NO3/c1-18-14-9-13(10-15(19-2)16(14)20-3)17-11-12-7-5-4-6-8-12/h4-5,9-10,12,17H,6-8,11H2,1-3H3. The van der Waals surface area contributed by atoms with Crippen LogP contribution in [0.5, 0.6) is 17.2 Å². The van der Waals surface area contributed by atoms with Crippen LogP contribution in [0.4, 0.5) is 5.69 Å². The van der Waals surface area contributed by atoms with Crippen molar-refractivity contribution in [2.24, 2.45) is 5.92 Å². The lowest BCUT2D eigenvalue weighted by Crippen LogP contribution is -2.15. The van der Waals surface area contributed by atoms with Crippen LogP contribution in [0.2, 0.25) is 0 Å². The van der Waals surface area contributed by atoms with E-state index in [4.69, 9.17) is 14.2 Å². The molecule has 0 saturated carbocycles. The van der Waals surface area contributed by atoms with E-state index in [2.05, 4.69) is 17.5 Å². The monoisotopic (exact) mass is 277 g/mol. The Morgan fingerprint density at radius 3 is 2.25 bits per heavy atom. The van der Waals surface area contributed by atoms with E-state index in [1.54, 1.807) is 21.3 Å². The molecule has 20 heavy (non-hydrogen) atoms. The molecule has 0 heterocycles. The van der Waals surface area contributed by atoms with Gasteiger partial charge in [-0.2, -0.15) is 0 Å². The van der Waals surface area contributed by atoms with Crippen LogP contribution < -0.4 is 19.5 Å². The minimum absolute atomic E-state index is 0.626. The van der Waals surface area contributed by atoms with Crippen molar-refractivity contribution in [3.8, 4) is 17.2 Å². The molecule has 4 heteroatoms. The second-order valence-electron chi connectivity index (χ2n) is 4.95. The van der Waals surface area contributed by atoms with Gasteiger partial charge in [-0.1, -0.05) is 12.2 Å². The molecule has 2 rings (SSSR count). The number of hydrogen-bond donors (Lipinski definition) is 1. The Labute approximate surface area is 120 Å². The molecule has 0 saturated heterocycles. The van der Waals surface area contributed by atoms with Crippen molar-refractivity contribution in [3.05, 3.63) is 24.3 Å². The maximum absolute atomic E-state index is 5.36. The van der Waals surface area contributed by atoms with Crippen LogP contribution in [-0.2, 0) is 0 Å². The fourth-order valence-corrected chi connectivity index (χ4v) is 2.49. The number of nitrogens with one attached hydrogen (secondary N) is 1. The van der Waals surface area contributed by atoms with Crippen LogP contribution in [0.1, 0.15) is 19.3 Å². The Kier molecular flexibility index (Phi) is 5.16. The van der Waals surface area contributed by atoms with Gasteiger partial charge in [0, 0.05) is 24.4 Å². The van der Waals surface area contributed by atoms with Gasteiger partial charge in [0.05, 0.1) is 21.3 Å². The molecular formula is C16H23NO3. The first-order valence-corrected chi connectivity index (χ1v) is 6.97. The summed E-state index contributed by atoms with van der Waals surface area (Å²) in [5.74, 6) is 2.68. The zero-order valence-electron chi connectivity index (χ0n) is 12.4. The van der Waals surface area contributed by atoms with Crippen molar-refractivity contribution < 1.29 is 14.2 Å². The van der Waals surface area contributed by atoms with Gasteiger partial charge < -0.3 is 19.5 Å². The van der Waals surface area contributed by atoms with Crippen LogP contribution in [0, 0.1) is 5.92 Å². The van der Waals surface area contributed by atoms with E-state index in [0.29, 0.717) is 23.2 Å². The highest BCUT2D eigenvalue weighted by molar-refractivity contribution is 5.62. The van der Waals surface area contributed by atoms with Crippen molar-refractivity contribution in [1.29, 1.82) is 0 Å². The largest absolute Gasteiger partial charge is 0.493 e. The molecular weight excluding hydrogens is 254 g/mol. The van der Waals surface area contributed by atoms with Crippen LogP contribution >= 0.6 is 0 Å². The van der Waals surface area contributed by atoms with Crippen LogP contribution in [0.3, 0.4) is 0 Å². The van der Waals surface area contributed by atoms with Gasteiger partial charge in [0.2, 0.25) is 5.75 Å². The Morgan fingerprint density at radius 2 is 1.75 bits per heavy atom. The molecule has 1 atom stereocenters. The average Bonchev–Trinajstić information content (AvgIpc) is 2.52. The summed E-state index contributed by atoms with van der Waals surface area (Å²) in [6, 6.07) is 3.89. The smallest absolute Gasteiger partial charge is 0.203 e. The number of hydrogen-bond acceptors (Lipinski definition) is 4. The van der Waals surface area contributed by atoms with E-state index < -0.39 is 0 Å². The van der Waals surface area contributed by atoms with Crippen molar-refractivity contribution in [3.63, 3.8) is 0 Å². The third-order valence-electron chi connectivity index (χ3n) is 3.64. The number of ether oxygens (including phenoxy) is 3. The molecule has 0 bridgehead atoms. The molecule has 110 valence electrons. The maximum Gasteiger partial charge on any atom is 0.203 e. The Balaban J connectivity index is 2.09. The van der Waals surface area contributed by atoms with Gasteiger partial charge in [0.1, 0.15) is 0 Å². The summed E-state index contributed by atoms with van der Waals surface area (Å²) >= 11 is 0. The van der Waals surface area contributed by atoms with Crippen molar-refractivity contribution >= 4 is 5.69 Å². The molecule has 0 aliphatic heterocycles. The molecule has 1 aliphatic carbocycles. The van der Waals surface area contributed by atoms with E-state index in [9.17, 15) is 0 Å². The number of benzene rings is 1. The van der Waals surface area contributed by atoms with Crippen molar-refractivity contribution in [2.75, 3.05) is 33.2 Å². The van der Waals surface area contributed by atoms with Gasteiger partial charge in [-0.05, 0) is 25.2 Å². The summed E-state index contributed by atoms with van der Waals surface area (Å²) in [5.41, 5.74) is 0.994. The second kappa shape index (κ2) is 7.08. The van der Waals surface area contributed by atoms with Gasteiger partial charge >= 0.3 is 0 Å². The topological polar surface area (TPSA) is 39.7 Å². The minimum Gasteiger partial charge on any atom is -0.493 e. The minimum atomic E-state index is 0.626. The zero-order valence-corrected chi connectivity index (χ0v) is 12.4. The Bertz CT molecular complexity index is 446. The average molecular weight is 277 g/mol. The highest BCUT2D eigenvalue weighted by atomic mass is 16.5. The molecule has 0 radical (unpaired) electrons. The fraction of sp³-hybridized carbons (Fsp3) is 0.500. The first-order chi connectivity index (χ1) is 9.78. The van der Waals surface area contributed by atoms with Crippen LogP contribution in [0.25, 0.3) is 0 Å². The molecule has 1 unspecified atom stereocenters. The summed E-state index contributed by atoms with van der Waals surface area (Å²) in [6.07, 6.45) is 8.11. The molecule has 1 aromatic carbocycles. The summed E-state index contributed by atoms with van der Waals surface area (Å²) in [4.78, 5) is 0. The van der Waals surface area contributed by atoms with E-state index in [1.807, 2.05) is 12.1 Å². The van der Waals surface area contributed by atoms with Gasteiger partial charge in [-0.25, -0.2) is 0 Å². The second-order valence-corrected chi connectivity index (χ2v) is 4.95. The summed E-state index contributed by atoms with van der Waals surface area (Å²) in [5, 5.41) is 3.47.